The summed E-state index contributed by atoms with van der Waals surface area (Å²) in [6.07, 6.45) is 0.339. The third kappa shape index (κ3) is 4.95. The summed E-state index contributed by atoms with van der Waals surface area (Å²) in [4.78, 5) is 29.9. The molecule has 1 heterocycles. The van der Waals surface area contributed by atoms with Gasteiger partial charge >= 0.3 is 0 Å². The summed E-state index contributed by atoms with van der Waals surface area (Å²) in [5, 5.41) is 9.17. The SMILES string of the molecule is CN(CCC#N)C(=O)CN1CCN(C(=O)c2ccc(Cl)cc2)CC1. The van der Waals surface area contributed by atoms with Gasteiger partial charge in [-0.3, -0.25) is 14.5 Å². The van der Waals surface area contributed by atoms with Crippen molar-refractivity contribution in [2.75, 3.05) is 46.3 Å². The van der Waals surface area contributed by atoms with E-state index in [0.717, 1.165) is 0 Å². The highest BCUT2D eigenvalue weighted by Crippen LogP contribution is 2.13. The first kappa shape index (κ1) is 18.2. The number of carbonyl (C=O) groups excluding carboxylic acids is 2. The van der Waals surface area contributed by atoms with Gasteiger partial charge in [0.1, 0.15) is 0 Å². The fourth-order valence-electron chi connectivity index (χ4n) is 2.54. The minimum Gasteiger partial charge on any atom is -0.344 e. The first-order valence-electron chi connectivity index (χ1n) is 7.89. The molecule has 0 unspecified atom stereocenters. The molecule has 0 aliphatic carbocycles. The summed E-state index contributed by atoms with van der Waals surface area (Å²) in [5.74, 6) is -0.00786. The fraction of sp³-hybridized carbons (Fsp3) is 0.471. The zero-order valence-electron chi connectivity index (χ0n) is 13.7. The Balaban J connectivity index is 1.81. The molecule has 0 atom stereocenters. The van der Waals surface area contributed by atoms with Crippen LogP contribution in [0, 0.1) is 11.3 Å². The Labute approximate surface area is 147 Å². The van der Waals surface area contributed by atoms with Crippen LogP contribution in [-0.4, -0.2) is 72.8 Å². The van der Waals surface area contributed by atoms with Crippen molar-refractivity contribution in [1.29, 1.82) is 5.26 Å². The van der Waals surface area contributed by atoms with Gasteiger partial charge in [0.05, 0.1) is 19.0 Å². The van der Waals surface area contributed by atoms with E-state index in [9.17, 15) is 9.59 Å². The Morgan fingerprint density at radius 3 is 2.42 bits per heavy atom. The quantitative estimate of drug-likeness (QED) is 0.808. The maximum absolute atomic E-state index is 12.4. The Hall–Kier alpha value is -2.10. The topological polar surface area (TPSA) is 67.7 Å². The van der Waals surface area contributed by atoms with Crippen molar-refractivity contribution >= 4 is 23.4 Å². The van der Waals surface area contributed by atoms with Crippen LogP contribution in [0.15, 0.2) is 24.3 Å². The number of hydrogen-bond donors (Lipinski definition) is 0. The summed E-state index contributed by atoms with van der Waals surface area (Å²) in [6.45, 7) is 3.29. The van der Waals surface area contributed by atoms with Crippen LogP contribution in [0.3, 0.4) is 0 Å². The Bertz CT molecular complexity index is 618. The highest BCUT2D eigenvalue weighted by Gasteiger charge is 2.24. The van der Waals surface area contributed by atoms with Gasteiger partial charge in [-0.1, -0.05) is 11.6 Å². The lowest BCUT2D eigenvalue weighted by molar-refractivity contribution is -0.131. The van der Waals surface area contributed by atoms with Gasteiger partial charge in [-0.15, -0.1) is 0 Å². The Kier molecular flexibility index (Phi) is 6.59. The molecule has 24 heavy (non-hydrogen) atoms. The highest BCUT2D eigenvalue weighted by molar-refractivity contribution is 6.30. The van der Waals surface area contributed by atoms with Gasteiger partial charge in [0.25, 0.3) is 5.91 Å². The van der Waals surface area contributed by atoms with Crippen LogP contribution in [0.25, 0.3) is 0 Å². The number of rotatable bonds is 5. The third-order valence-electron chi connectivity index (χ3n) is 4.09. The lowest BCUT2D eigenvalue weighted by Gasteiger charge is -2.35. The molecule has 1 saturated heterocycles. The number of nitrogens with zero attached hydrogens (tertiary/aromatic N) is 4. The minimum absolute atomic E-state index is 0.00253. The summed E-state index contributed by atoms with van der Waals surface area (Å²) >= 11 is 5.84. The number of halogens is 1. The lowest BCUT2D eigenvalue weighted by Crippen LogP contribution is -2.51. The molecule has 6 nitrogen and oxygen atoms in total. The average molecular weight is 349 g/mol. The van der Waals surface area contributed by atoms with E-state index in [1.54, 1.807) is 41.1 Å². The first-order chi connectivity index (χ1) is 11.5. The second-order valence-electron chi connectivity index (χ2n) is 5.80. The van der Waals surface area contributed by atoms with Gasteiger partial charge < -0.3 is 9.80 Å². The number of amides is 2. The maximum atomic E-state index is 12.4. The van der Waals surface area contributed by atoms with Gasteiger partial charge in [-0.25, -0.2) is 0 Å². The number of hydrogen-bond acceptors (Lipinski definition) is 4. The van der Waals surface area contributed by atoms with Crippen molar-refractivity contribution in [3.05, 3.63) is 34.9 Å². The zero-order valence-corrected chi connectivity index (χ0v) is 14.5. The Morgan fingerprint density at radius 1 is 1.21 bits per heavy atom. The number of benzene rings is 1. The molecule has 0 radical (unpaired) electrons. The molecule has 1 aromatic rings. The average Bonchev–Trinajstić information content (AvgIpc) is 2.60. The fourth-order valence-corrected chi connectivity index (χ4v) is 2.66. The van der Waals surface area contributed by atoms with E-state index in [2.05, 4.69) is 0 Å². The number of nitriles is 1. The van der Waals surface area contributed by atoms with Gasteiger partial charge in [0, 0.05) is 50.4 Å². The Morgan fingerprint density at radius 2 is 1.83 bits per heavy atom. The van der Waals surface area contributed by atoms with Crippen LogP contribution in [0.5, 0.6) is 0 Å². The third-order valence-corrected chi connectivity index (χ3v) is 4.35. The monoisotopic (exact) mass is 348 g/mol. The number of piperazine rings is 1. The molecular weight excluding hydrogens is 328 g/mol. The van der Waals surface area contributed by atoms with E-state index in [1.165, 1.54) is 0 Å². The summed E-state index contributed by atoms with van der Waals surface area (Å²) < 4.78 is 0. The predicted octanol–water partition coefficient (Wildman–Crippen LogP) is 1.47. The number of likely N-dealkylation sites (N-methyl/N-ethyl adjacent to an activating group) is 1. The van der Waals surface area contributed by atoms with Gasteiger partial charge in [0.15, 0.2) is 0 Å². The molecule has 0 spiro atoms. The maximum Gasteiger partial charge on any atom is 0.253 e. The standard InChI is InChI=1S/C17H21ClN4O2/c1-20(8-2-7-19)16(23)13-21-9-11-22(12-10-21)17(24)14-3-5-15(18)6-4-14/h3-6H,2,8-13H2,1H3. The zero-order chi connectivity index (χ0) is 17.5. The van der Waals surface area contributed by atoms with Crippen LogP contribution in [-0.2, 0) is 4.79 Å². The van der Waals surface area contributed by atoms with E-state index in [-0.39, 0.29) is 11.8 Å². The molecule has 1 aliphatic heterocycles. The molecule has 1 fully saturated rings. The smallest absolute Gasteiger partial charge is 0.253 e. The first-order valence-corrected chi connectivity index (χ1v) is 8.27. The second kappa shape index (κ2) is 8.67. The van der Waals surface area contributed by atoms with Crippen LogP contribution >= 0.6 is 11.6 Å². The molecule has 0 aromatic heterocycles. The molecule has 1 aliphatic rings. The van der Waals surface area contributed by atoms with Crippen molar-refractivity contribution in [1.82, 2.24) is 14.7 Å². The van der Waals surface area contributed by atoms with Crippen molar-refractivity contribution < 1.29 is 9.59 Å². The van der Waals surface area contributed by atoms with Crippen LogP contribution in [0.4, 0.5) is 0 Å². The lowest BCUT2D eigenvalue weighted by atomic mass is 10.2. The molecular formula is C17H21ClN4O2. The predicted molar refractivity (Wildman–Crippen MR) is 91.7 cm³/mol. The van der Waals surface area contributed by atoms with Crippen LogP contribution < -0.4 is 0 Å². The molecule has 1 aromatic carbocycles. The van der Waals surface area contributed by atoms with Crippen LogP contribution in [0.2, 0.25) is 5.02 Å². The largest absolute Gasteiger partial charge is 0.344 e. The van der Waals surface area contributed by atoms with Gasteiger partial charge in [-0.05, 0) is 24.3 Å². The molecule has 0 bridgehead atoms. The molecule has 128 valence electrons. The minimum atomic E-state index is -0.0104. The highest BCUT2D eigenvalue weighted by atomic mass is 35.5. The van der Waals surface area contributed by atoms with E-state index in [1.807, 2.05) is 11.0 Å². The van der Waals surface area contributed by atoms with E-state index in [0.29, 0.717) is 56.3 Å². The second-order valence-corrected chi connectivity index (χ2v) is 6.24. The van der Waals surface area contributed by atoms with Gasteiger partial charge in [0.2, 0.25) is 5.91 Å². The number of carbonyl (C=O) groups is 2. The van der Waals surface area contributed by atoms with Gasteiger partial charge in [-0.2, -0.15) is 5.26 Å². The molecule has 7 heteroatoms. The van der Waals surface area contributed by atoms with Crippen molar-refractivity contribution in [3.8, 4) is 6.07 Å². The summed E-state index contributed by atoms with van der Waals surface area (Å²) in [7, 11) is 1.71. The summed E-state index contributed by atoms with van der Waals surface area (Å²) in [5.41, 5.74) is 0.625. The van der Waals surface area contributed by atoms with E-state index in [4.69, 9.17) is 16.9 Å². The summed E-state index contributed by atoms with van der Waals surface area (Å²) in [6, 6.07) is 8.91. The van der Waals surface area contributed by atoms with E-state index >= 15 is 0 Å². The van der Waals surface area contributed by atoms with Crippen molar-refractivity contribution in [2.24, 2.45) is 0 Å². The molecule has 0 N–H and O–H groups in total. The normalized spacial score (nSPS) is 15.0. The van der Waals surface area contributed by atoms with Crippen LogP contribution in [0.1, 0.15) is 16.8 Å². The molecule has 0 saturated carbocycles. The van der Waals surface area contributed by atoms with Crippen molar-refractivity contribution in [2.45, 2.75) is 6.42 Å². The molecule has 2 rings (SSSR count). The molecule has 2 amide bonds. The van der Waals surface area contributed by atoms with E-state index < -0.39 is 0 Å². The van der Waals surface area contributed by atoms with Crippen molar-refractivity contribution in [3.63, 3.8) is 0 Å².